The number of nitrogens with two attached hydrogens (primary N) is 1. The molecular weight excluding hydrogens is 396 g/mol. The third kappa shape index (κ3) is 4.91. The van der Waals surface area contributed by atoms with Crippen LogP contribution >= 0.6 is 11.6 Å². The van der Waals surface area contributed by atoms with E-state index in [9.17, 15) is 8.42 Å². The summed E-state index contributed by atoms with van der Waals surface area (Å²) >= 11 is 6.09. The molecule has 1 unspecified atom stereocenters. The fraction of sp³-hybridized carbons (Fsp3) is 0.350. The molecule has 0 spiro atoms. The highest BCUT2D eigenvalue weighted by atomic mass is 35.5. The quantitative estimate of drug-likeness (QED) is 0.585. The summed E-state index contributed by atoms with van der Waals surface area (Å²) in [6.07, 6.45) is 2.10. The number of hydrogen-bond donors (Lipinski definition) is 2. The number of sulfonamides is 1. The zero-order valence-electron chi connectivity index (χ0n) is 16.2. The number of primary sulfonamides is 1. The van der Waals surface area contributed by atoms with Crippen molar-refractivity contribution in [1.29, 1.82) is 0 Å². The van der Waals surface area contributed by atoms with Crippen molar-refractivity contribution in [2.75, 3.05) is 7.05 Å². The summed E-state index contributed by atoms with van der Waals surface area (Å²) in [5.41, 5.74) is 2.76. The van der Waals surface area contributed by atoms with Crippen LogP contribution in [0, 0.1) is 0 Å². The van der Waals surface area contributed by atoms with E-state index < -0.39 is 10.0 Å². The lowest BCUT2D eigenvalue weighted by molar-refractivity contribution is -0.908. The van der Waals surface area contributed by atoms with Crippen molar-refractivity contribution in [3.05, 3.63) is 58.9 Å². The Morgan fingerprint density at radius 1 is 1.18 bits per heavy atom. The summed E-state index contributed by atoms with van der Waals surface area (Å²) in [4.78, 5) is 6.09. The van der Waals surface area contributed by atoms with Gasteiger partial charge in [0, 0.05) is 17.1 Å². The number of rotatable bonds is 8. The lowest BCUT2D eigenvalue weighted by Crippen LogP contribution is -3.06. The molecule has 2 aromatic carbocycles. The molecular formula is C20H26ClN4O2S+. The maximum Gasteiger partial charge on any atom is 0.238 e. The summed E-state index contributed by atoms with van der Waals surface area (Å²) < 4.78 is 25.5. The van der Waals surface area contributed by atoms with E-state index >= 15 is 0 Å². The number of nitrogens with one attached hydrogen (secondary N) is 1. The normalized spacial score (nSPS) is 13.1. The van der Waals surface area contributed by atoms with E-state index in [1.54, 1.807) is 18.2 Å². The van der Waals surface area contributed by atoms with Gasteiger partial charge in [-0.25, -0.2) is 18.5 Å². The largest absolute Gasteiger partial charge is 0.327 e. The second-order valence-corrected chi connectivity index (χ2v) is 9.17. The van der Waals surface area contributed by atoms with Gasteiger partial charge in [0.2, 0.25) is 10.0 Å². The predicted molar refractivity (Wildman–Crippen MR) is 112 cm³/mol. The van der Waals surface area contributed by atoms with Gasteiger partial charge in [0.1, 0.15) is 13.1 Å². The average Bonchev–Trinajstić information content (AvgIpc) is 2.95. The van der Waals surface area contributed by atoms with E-state index in [4.69, 9.17) is 21.7 Å². The van der Waals surface area contributed by atoms with E-state index in [0.29, 0.717) is 5.52 Å². The van der Waals surface area contributed by atoms with Crippen LogP contribution in [0.4, 0.5) is 0 Å². The van der Waals surface area contributed by atoms with Crippen LogP contribution in [-0.2, 0) is 29.7 Å². The topological polar surface area (TPSA) is 82.4 Å². The molecule has 1 atom stereocenters. The van der Waals surface area contributed by atoms with E-state index in [-0.39, 0.29) is 4.90 Å². The summed E-state index contributed by atoms with van der Waals surface area (Å²) in [6.45, 7) is 4.53. The number of hydrogen-bond acceptors (Lipinski definition) is 3. The van der Waals surface area contributed by atoms with Gasteiger partial charge >= 0.3 is 0 Å². The first kappa shape index (κ1) is 20.8. The van der Waals surface area contributed by atoms with Gasteiger partial charge in [-0.15, -0.1) is 0 Å². The fourth-order valence-electron chi connectivity index (χ4n) is 3.36. The highest BCUT2D eigenvalue weighted by Gasteiger charge is 2.17. The number of aryl methyl sites for hydroxylation is 1. The van der Waals surface area contributed by atoms with Gasteiger partial charge in [-0.3, -0.25) is 0 Å². The van der Waals surface area contributed by atoms with Crippen LogP contribution in [0.1, 0.15) is 31.2 Å². The summed E-state index contributed by atoms with van der Waals surface area (Å²) in [6, 6.07) is 12.8. The molecule has 0 saturated carbocycles. The molecule has 0 aliphatic carbocycles. The maximum atomic E-state index is 11.7. The molecule has 150 valence electrons. The average molecular weight is 422 g/mol. The molecule has 0 radical (unpaired) electrons. The van der Waals surface area contributed by atoms with Crippen LogP contribution in [0.5, 0.6) is 0 Å². The molecule has 0 aliphatic heterocycles. The first-order valence-electron chi connectivity index (χ1n) is 9.35. The molecule has 3 rings (SSSR count). The number of unbranched alkanes of at least 4 members (excludes halogenated alkanes) is 1. The molecule has 28 heavy (non-hydrogen) atoms. The van der Waals surface area contributed by atoms with Gasteiger partial charge in [-0.05, 0) is 36.8 Å². The predicted octanol–water partition coefficient (Wildman–Crippen LogP) is 2.35. The van der Waals surface area contributed by atoms with Crippen LogP contribution in [0.15, 0.2) is 47.4 Å². The number of aromatic nitrogens is 2. The highest BCUT2D eigenvalue weighted by Crippen LogP contribution is 2.20. The zero-order chi connectivity index (χ0) is 20.3. The summed E-state index contributed by atoms with van der Waals surface area (Å²) in [7, 11) is -1.64. The SMILES string of the molecule is CCCCn1c(C[NH+](C)Cc2cccc(Cl)c2)nc2cc(S(N)(=O)=O)ccc21. The molecule has 6 nitrogen and oxygen atoms in total. The van der Waals surface area contributed by atoms with Crippen molar-refractivity contribution in [3.8, 4) is 0 Å². The Morgan fingerprint density at radius 3 is 2.64 bits per heavy atom. The van der Waals surface area contributed by atoms with Crippen LogP contribution in [-0.4, -0.2) is 25.0 Å². The highest BCUT2D eigenvalue weighted by molar-refractivity contribution is 7.89. The number of nitrogens with zero attached hydrogens (tertiary/aromatic N) is 2. The zero-order valence-corrected chi connectivity index (χ0v) is 17.7. The minimum atomic E-state index is -3.75. The van der Waals surface area contributed by atoms with E-state index in [1.165, 1.54) is 4.90 Å². The molecule has 0 aliphatic rings. The standard InChI is InChI=1S/C20H25ClN4O2S/c1-3-4-10-25-19-9-8-17(28(22,26)27)12-18(19)23-20(25)14-24(2)13-15-6-5-7-16(21)11-15/h5-9,11-12H,3-4,10,13-14H2,1-2H3,(H2,22,26,27)/p+1. The minimum Gasteiger partial charge on any atom is -0.327 e. The second kappa shape index (κ2) is 8.61. The van der Waals surface area contributed by atoms with E-state index in [2.05, 4.69) is 24.6 Å². The molecule has 0 saturated heterocycles. The Bertz CT molecular complexity index is 1080. The van der Waals surface area contributed by atoms with E-state index in [1.807, 2.05) is 18.2 Å². The number of imidazole rings is 1. The molecule has 3 aromatic rings. The Balaban J connectivity index is 1.91. The second-order valence-electron chi connectivity index (χ2n) is 7.17. The van der Waals surface area contributed by atoms with E-state index in [0.717, 1.165) is 54.4 Å². The fourth-order valence-corrected chi connectivity index (χ4v) is 4.11. The minimum absolute atomic E-state index is 0.0892. The van der Waals surface area contributed by atoms with Gasteiger partial charge in [0.05, 0.1) is 23.0 Å². The Morgan fingerprint density at radius 2 is 1.96 bits per heavy atom. The van der Waals surface area contributed by atoms with Crippen molar-refractivity contribution in [3.63, 3.8) is 0 Å². The third-order valence-electron chi connectivity index (χ3n) is 4.72. The van der Waals surface area contributed by atoms with Gasteiger partial charge in [-0.1, -0.05) is 37.1 Å². The lowest BCUT2D eigenvalue weighted by Gasteiger charge is -2.15. The van der Waals surface area contributed by atoms with Gasteiger partial charge in [0.15, 0.2) is 5.82 Å². The number of quaternary nitrogens is 1. The molecule has 0 fully saturated rings. The Hall–Kier alpha value is -1.93. The Kier molecular flexibility index (Phi) is 6.40. The first-order chi connectivity index (χ1) is 13.3. The molecule has 1 aromatic heterocycles. The summed E-state index contributed by atoms with van der Waals surface area (Å²) in [5, 5.41) is 6.01. The van der Waals surface area contributed by atoms with Crippen LogP contribution in [0.2, 0.25) is 5.02 Å². The maximum absolute atomic E-state index is 11.7. The number of fused-ring (bicyclic) bond motifs is 1. The third-order valence-corrected chi connectivity index (χ3v) is 5.86. The van der Waals surface area contributed by atoms with Crippen molar-refractivity contribution in [2.24, 2.45) is 5.14 Å². The van der Waals surface area contributed by atoms with Crippen molar-refractivity contribution in [2.45, 2.75) is 44.3 Å². The summed E-state index contributed by atoms with van der Waals surface area (Å²) in [5.74, 6) is 0.939. The van der Waals surface area contributed by atoms with Crippen LogP contribution < -0.4 is 10.0 Å². The van der Waals surface area contributed by atoms with Gasteiger partial charge in [-0.2, -0.15) is 0 Å². The van der Waals surface area contributed by atoms with Crippen molar-refractivity contribution in [1.82, 2.24) is 9.55 Å². The number of benzene rings is 2. The molecule has 8 heteroatoms. The molecule has 0 amide bonds. The first-order valence-corrected chi connectivity index (χ1v) is 11.3. The van der Waals surface area contributed by atoms with Gasteiger partial charge in [0.25, 0.3) is 0 Å². The number of halogens is 1. The molecule has 0 bridgehead atoms. The lowest BCUT2D eigenvalue weighted by atomic mass is 10.2. The molecule has 3 N–H and O–H groups in total. The van der Waals surface area contributed by atoms with Crippen molar-refractivity contribution >= 4 is 32.7 Å². The Labute approximate surface area is 171 Å². The van der Waals surface area contributed by atoms with Crippen LogP contribution in [0.3, 0.4) is 0 Å². The monoisotopic (exact) mass is 421 g/mol. The van der Waals surface area contributed by atoms with Gasteiger partial charge < -0.3 is 9.47 Å². The molecule has 1 heterocycles. The smallest absolute Gasteiger partial charge is 0.238 e. The van der Waals surface area contributed by atoms with Crippen LogP contribution in [0.25, 0.3) is 11.0 Å². The van der Waals surface area contributed by atoms with Crippen molar-refractivity contribution < 1.29 is 13.3 Å².